The summed E-state index contributed by atoms with van der Waals surface area (Å²) in [6.07, 6.45) is 7.29. The highest BCUT2D eigenvalue weighted by atomic mass is 35.5. The molecule has 2 nitrogen and oxygen atoms in total. The summed E-state index contributed by atoms with van der Waals surface area (Å²) in [5, 5.41) is 11.2. The molecule has 0 radical (unpaired) electrons. The van der Waals surface area contributed by atoms with Gasteiger partial charge in [-0.2, -0.15) is 0 Å². The smallest absolute Gasteiger partial charge is 0.168 e. The van der Waals surface area contributed by atoms with Crippen molar-refractivity contribution in [3.05, 3.63) is 5.21 Å². The first kappa shape index (κ1) is 9.85. The molecule has 0 aromatic carbocycles. The van der Waals surface area contributed by atoms with Gasteiger partial charge in [-0.25, -0.2) is 4.74 Å². The number of nitrogens with zero attached hydrogens (tertiary/aromatic N) is 1. The third-order valence-electron chi connectivity index (χ3n) is 2.29. The van der Waals surface area contributed by atoms with Crippen molar-refractivity contribution in [2.75, 3.05) is 0 Å². The Morgan fingerprint density at radius 2 is 2.00 bits per heavy atom. The number of halogens is 1. The van der Waals surface area contributed by atoms with E-state index in [4.69, 9.17) is 11.6 Å². The second-order valence-electron chi connectivity index (χ2n) is 3.48. The summed E-state index contributed by atoms with van der Waals surface area (Å²) in [6.45, 7) is 1.81. The van der Waals surface area contributed by atoms with Gasteiger partial charge in [-0.3, -0.25) is 0 Å². The Balaban J connectivity index is 2.44. The first-order chi connectivity index (χ1) is 5.70. The van der Waals surface area contributed by atoms with E-state index in [0.717, 1.165) is 17.6 Å². The van der Waals surface area contributed by atoms with Crippen LogP contribution in [0.1, 0.15) is 39.0 Å². The first-order valence-corrected chi connectivity index (χ1v) is 5.08. The van der Waals surface area contributed by atoms with Crippen molar-refractivity contribution >= 4 is 17.8 Å². The van der Waals surface area contributed by atoms with E-state index >= 15 is 0 Å². The molecule has 1 unspecified atom stereocenters. The number of hydrogen-bond acceptors (Lipinski definition) is 1. The molecule has 0 amide bonds. The lowest BCUT2D eigenvalue weighted by atomic mass is 9.96. The van der Waals surface area contributed by atoms with Gasteiger partial charge in [0.2, 0.25) is 0 Å². The van der Waals surface area contributed by atoms with Crippen LogP contribution in [0.15, 0.2) is 0 Å². The van der Waals surface area contributed by atoms with Crippen molar-refractivity contribution in [2.45, 2.75) is 50.4 Å². The van der Waals surface area contributed by atoms with Crippen LogP contribution in [0.2, 0.25) is 0 Å². The van der Waals surface area contributed by atoms with Crippen molar-refractivity contribution in [2.24, 2.45) is 0 Å². The average molecular weight is 190 g/mol. The Hall–Kier alpha value is -0.240. The molecule has 0 saturated heterocycles. The predicted octanol–water partition coefficient (Wildman–Crippen LogP) is 2.53. The number of hydroxylamine groups is 1. The Labute approximate surface area is 78.8 Å². The van der Waals surface area contributed by atoms with Crippen LogP contribution in [0.3, 0.4) is 0 Å². The van der Waals surface area contributed by atoms with Gasteiger partial charge in [0.1, 0.15) is 5.38 Å². The lowest BCUT2D eigenvalue weighted by Gasteiger charge is -2.21. The normalized spacial score (nSPS) is 24.0. The first-order valence-electron chi connectivity index (χ1n) is 4.64. The highest BCUT2D eigenvalue weighted by Gasteiger charge is 2.19. The van der Waals surface area contributed by atoms with Gasteiger partial charge in [-0.15, -0.1) is 11.6 Å². The molecule has 70 valence electrons. The molecule has 1 fully saturated rings. The maximum Gasteiger partial charge on any atom is 0.168 e. The largest absolute Gasteiger partial charge is 0.624 e. The zero-order valence-corrected chi connectivity index (χ0v) is 8.26. The number of rotatable bonds is 2. The molecule has 0 aromatic rings. The molecule has 0 N–H and O–H groups in total. The minimum atomic E-state index is -0.149. The standard InChI is InChI=1S/C9H16ClNO/c1-8(10)7-11(12)9-5-3-2-4-6-9/h7-9H,2-6H2,1H3/b11-7+. The minimum Gasteiger partial charge on any atom is -0.624 e. The summed E-state index contributed by atoms with van der Waals surface area (Å²) in [5.74, 6) is 0. The second kappa shape index (κ2) is 4.70. The Kier molecular flexibility index (Phi) is 3.86. The molecule has 1 rings (SSSR count). The van der Waals surface area contributed by atoms with E-state index in [2.05, 4.69) is 0 Å². The van der Waals surface area contributed by atoms with Crippen molar-refractivity contribution in [3.8, 4) is 0 Å². The lowest BCUT2D eigenvalue weighted by Crippen LogP contribution is -2.26. The van der Waals surface area contributed by atoms with Gasteiger partial charge in [-0.1, -0.05) is 6.42 Å². The number of hydrogen-bond donors (Lipinski definition) is 0. The van der Waals surface area contributed by atoms with Crippen LogP contribution in [0.5, 0.6) is 0 Å². The molecular formula is C9H16ClNO. The second-order valence-corrected chi connectivity index (χ2v) is 4.17. The van der Waals surface area contributed by atoms with Gasteiger partial charge in [-0.05, 0) is 19.8 Å². The molecule has 12 heavy (non-hydrogen) atoms. The molecule has 0 aliphatic heterocycles. The maximum absolute atomic E-state index is 11.4. The van der Waals surface area contributed by atoms with E-state index in [1.807, 2.05) is 6.92 Å². The fraction of sp³-hybridized carbons (Fsp3) is 0.889. The van der Waals surface area contributed by atoms with Crippen molar-refractivity contribution in [1.82, 2.24) is 0 Å². The van der Waals surface area contributed by atoms with Crippen LogP contribution in [0.25, 0.3) is 0 Å². The average Bonchev–Trinajstić information content (AvgIpc) is 2.05. The van der Waals surface area contributed by atoms with Crippen molar-refractivity contribution < 1.29 is 4.74 Å². The predicted molar refractivity (Wildman–Crippen MR) is 51.9 cm³/mol. The molecule has 0 aromatic heterocycles. The molecule has 0 spiro atoms. The quantitative estimate of drug-likeness (QED) is 0.216. The Bertz CT molecular complexity index is 162. The molecule has 1 atom stereocenters. The van der Waals surface area contributed by atoms with Gasteiger partial charge >= 0.3 is 0 Å². The fourth-order valence-electron chi connectivity index (χ4n) is 1.66. The lowest BCUT2D eigenvalue weighted by molar-refractivity contribution is -0.502. The molecular weight excluding hydrogens is 174 g/mol. The van der Waals surface area contributed by atoms with E-state index in [0.29, 0.717) is 0 Å². The van der Waals surface area contributed by atoms with Gasteiger partial charge < -0.3 is 5.21 Å². The summed E-state index contributed by atoms with van der Waals surface area (Å²) in [6, 6.07) is 0.194. The topological polar surface area (TPSA) is 26.1 Å². The van der Waals surface area contributed by atoms with Crippen LogP contribution in [-0.2, 0) is 0 Å². The van der Waals surface area contributed by atoms with Crippen LogP contribution >= 0.6 is 11.6 Å². The monoisotopic (exact) mass is 189 g/mol. The zero-order valence-electron chi connectivity index (χ0n) is 7.50. The van der Waals surface area contributed by atoms with Crippen LogP contribution in [0, 0.1) is 5.21 Å². The molecule has 1 aliphatic rings. The third kappa shape index (κ3) is 3.02. The van der Waals surface area contributed by atoms with Crippen LogP contribution < -0.4 is 0 Å². The van der Waals surface area contributed by atoms with Gasteiger partial charge in [0.05, 0.1) is 0 Å². The van der Waals surface area contributed by atoms with E-state index in [-0.39, 0.29) is 11.4 Å². The maximum atomic E-state index is 11.4. The molecule has 3 heteroatoms. The van der Waals surface area contributed by atoms with Crippen molar-refractivity contribution in [1.29, 1.82) is 0 Å². The van der Waals surface area contributed by atoms with Crippen LogP contribution in [0.4, 0.5) is 0 Å². The molecule has 0 heterocycles. The third-order valence-corrected chi connectivity index (χ3v) is 2.40. The Morgan fingerprint density at radius 1 is 1.42 bits per heavy atom. The molecule has 0 bridgehead atoms. The zero-order chi connectivity index (χ0) is 8.97. The molecule has 1 aliphatic carbocycles. The van der Waals surface area contributed by atoms with Crippen LogP contribution in [-0.4, -0.2) is 22.4 Å². The van der Waals surface area contributed by atoms with Gasteiger partial charge in [0, 0.05) is 12.8 Å². The van der Waals surface area contributed by atoms with E-state index in [9.17, 15) is 5.21 Å². The summed E-state index contributed by atoms with van der Waals surface area (Å²) >= 11 is 5.69. The minimum absolute atomic E-state index is 0.149. The highest BCUT2D eigenvalue weighted by Crippen LogP contribution is 2.19. The van der Waals surface area contributed by atoms with Gasteiger partial charge in [0.25, 0.3) is 0 Å². The summed E-state index contributed by atoms with van der Waals surface area (Å²) in [7, 11) is 0. The Morgan fingerprint density at radius 3 is 2.50 bits per heavy atom. The van der Waals surface area contributed by atoms with E-state index < -0.39 is 0 Å². The van der Waals surface area contributed by atoms with Gasteiger partial charge in [0.15, 0.2) is 12.3 Å². The fourth-order valence-corrected chi connectivity index (χ4v) is 1.77. The number of alkyl halides is 1. The highest BCUT2D eigenvalue weighted by molar-refractivity contribution is 6.27. The summed E-state index contributed by atoms with van der Waals surface area (Å²) in [4.78, 5) is 0. The van der Waals surface area contributed by atoms with E-state index in [1.54, 1.807) is 6.21 Å². The summed E-state index contributed by atoms with van der Waals surface area (Å²) < 4.78 is 1.05. The van der Waals surface area contributed by atoms with Crippen molar-refractivity contribution in [3.63, 3.8) is 0 Å². The molecule has 1 saturated carbocycles. The SMILES string of the molecule is CC(Cl)/C=[N+](/[O-])C1CCCCC1. The summed E-state index contributed by atoms with van der Waals surface area (Å²) in [5.41, 5.74) is 0. The van der Waals surface area contributed by atoms with E-state index in [1.165, 1.54) is 19.3 Å².